The van der Waals surface area contributed by atoms with Crippen molar-refractivity contribution in [2.75, 3.05) is 39.3 Å². The Bertz CT molecular complexity index is 540. The van der Waals surface area contributed by atoms with Crippen molar-refractivity contribution in [2.45, 2.75) is 24.8 Å². The van der Waals surface area contributed by atoms with Gasteiger partial charge in [0.15, 0.2) is 0 Å². The lowest BCUT2D eigenvalue weighted by Crippen LogP contribution is -2.53. The topological polar surface area (TPSA) is 35.6 Å². The SMILES string of the molecule is Cl.Cl.O=C(C1CC(F)(F)CN1)N1CCN(CCc2ccccc2)CC1. The first-order valence-electron chi connectivity index (χ1n) is 8.20. The Labute approximate surface area is 159 Å². The third-order valence-corrected chi connectivity index (χ3v) is 4.65. The number of carbonyl (C=O) groups excluding carboxylic acids is 1. The summed E-state index contributed by atoms with van der Waals surface area (Å²) in [5, 5.41) is 2.65. The standard InChI is InChI=1S/C17H23F2N3O.2ClH/c18-17(19)12-15(20-13-17)16(23)22-10-8-21(9-11-22)7-6-14-4-2-1-3-5-14;;/h1-5,15,20H,6-13H2;2*1H. The van der Waals surface area contributed by atoms with Crippen LogP contribution in [0.1, 0.15) is 12.0 Å². The van der Waals surface area contributed by atoms with E-state index in [2.05, 4.69) is 22.3 Å². The van der Waals surface area contributed by atoms with Crippen LogP contribution in [0.5, 0.6) is 0 Å². The average molecular weight is 396 g/mol. The predicted octanol–water partition coefficient (Wildman–Crippen LogP) is 2.21. The molecule has 0 saturated carbocycles. The molecule has 0 aromatic heterocycles. The lowest BCUT2D eigenvalue weighted by atomic mass is 10.1. The molecule has 1 unspecified atom stereocenters. The Morgan fingerprint density at radius 3 is 2.32 bits per heavy atom. The van der Waals surface area contributed by atoms with Crippen molar-refractivity contribution in [3.8, 4) is 0 Å². The number of hydrogen-bond donors (Lipinski definition) is 1. The van der Waals surface area contributed by atoms with Gasteiger partial charge in [0.25, 0.3) is 5.92 Å². The van der Waals surface area contributed by atoms with E-state index in [4.69, 9.17) is 0 Å². The fourth-order valence-corrected chi connectivity index (χ4v) is 3.23. The van der Waals surface area contributed by atoms with Gasteiger partial charge in [-0.1, -0.05) is 30.3 Å². The molecule has 1 N–H and O–H groups in total. The van der Waals surface area contributed by atoms with E-state index in [1.165, 1.54) is 5.56 Å². The summed E-state index contributed by atoms with van der Waals surface area (Å²) in [7, 11) is 0. The fraction of sp³-hybridized carbons (Fsp3) is 0.588. The number of benzene rings is 1. The number of nitrogens with zero attached hydrogens (tertiary/aromatic N) is 2. The van der Waals surface area contributed by atoms with Gasteiger partial charge < -0.3 is 4.90 Å². The number of carbonyl (C=O) groups is 1. The second-order valence-corrected chi connectivity index (χ2v) is 6.40. The van der Waals surface area contributed by atoms with Crippen molar-refractivity contribution in [3.05, 3.63) is 35.9 Å². The Morgan fingerprint density at radius 1 is 1.12 bits per heavy atom. The molecule has 2 heterocycles. The van der Waals surface area contributed by atoms with Crippen LogP contribution in [0.2, 0.25) is 0 Å². The number of nitrogens with one attached hydrogen (secondary N) is 1. The normalized spacial score (nSPS) is 22.8. The number of alkyl halides is 2. The lowest BCUT2D eigenvalue weighted by molar-refractivity contribution is -0.135. The van der Waals surface area contributed by atoms with E-state index in [1.54, 1.807) is 4.90 Å². The minimum Gasteiger partial charge on any atom is -0.339 e. The zero-order valence-electron chi connectivity index (χ0n) is 14.0. The van der Waals surface area contributed by atoms with Gasteiger partial charge in [-0.15, -0.1) is 24.8 Å². The third kappa shape index (κ3) is 6.06. The highest BCUT2D eigenvalue weighted by molar-refractivity contribution is 5.85. The maximum absolute atomic E-state index is 13.2. The smallest absolute Gasteiger partial charge is 0.262 e. The van der Waals surface area contributed by atoms with Crippen LogP contribution >= 0.6 is 24.8 Å². The maximum Gasteiger partial charge on any atom is 0.262 e. The summed E-state index contributed by atoms with van der Waals surface area (Å²) in [5.41, 5.74) is 1.31. The quantitative estimate of drug-likeness (QED) is 0.848. The first-order chi connectivity index (χ1) is 11.0. The number of hydrogen-bond acceptors (Lipinski definition) is 3. The molecule has 0 bridgehead atoms. The molecule has 2 fully saturated rings. The van der Waals surface area contributed by atoms with Crippen LogP contribution in [0.4, 0.5) is 8.78 Å². The minimum absolute atomic E-state index is 0. The highest BCUT2D eigenvalue weighted by atomic mass is 35.5. The molecule has 1 amide bonds. The molecule has 25 heavy (non-hydrogen) atoms. The molecule has 1 aromatic rings. The second kappa shape index (κ2) is 9.67. The fourth-order valence-electron chi connectivity index (χ4n) is 3.23. The molecule has 4 nitrogen and oxygen atoms in total. The summed E-state index contributed by atoms with van der Waals surface area (Å²) in [4.78, 5) is 16.3. The van der Waals surface area contributed by atoms with Gasteiger partial charge in [-0.2, -0.15) is 0 Å². The van der Waals surface area contributed by atoms with Crippen LogP contribution in [0, 0.1) is 0 Å². The van der Waals surface area contributed by atoms with Gasteiger partial charge in [0.05, 0.1) is 12.6 Å². The largest absolute Gasteiger partial charge is 0.339 e. The molecular formula is C17H25Cl2F2N3O. The highest BCUT2D eigenvalue weighted by Gasteiger charge is 2.43. The van der Waals surface area contributed by atoms with Gasteiger partial charge in [0.2, 0.25) is 5.91 Å². The summed E-state index contributed by atoms with van der Waals surface area (Å²) in [5.74, 6) is -2.93. The van der Waals surface area contributed by atoms with Crippen molar-refractivity contribution in [1.82, 2.24) is 15.1 Å². The van der Waals surface area contributed by atoms with Crippen LogP contribution in [0.25, 0.3) is 0 Å². The molecule has 3 rings (SSSR count). The van der Waals surface area contributed by atoms with E-state index in [0.29, 0.717) is 13.1 Å². The number of amides is 1. The number of piperazine rings is 1. The van der Waals surface area contributed by atoms with E-state index in [1.807, 2.05) is 18.2 Å². The molecule has 0 radical (unpaired) electrons. The third-order valence-electron chi connectivity index (χ3n) is 4.65. The molecular weight excluding hydrogens is 371 g/mol. The molecule has 1 atom stereocenters. The van der Waals surface area contributed by atoms with Crippen molar-refractivity contribution in [3.63, 3.8) is 0 Å². The molecule has 2 aliphatic heterocycles. The van der Waals surface area contributed by atoms with Crippen molar-refractivity contribution in [1.29, 1.82) is 0 Å². The number of halogens is 4. The monoisotopic (exact) mass is 395 g/mol. The summed E-state index contributed by atoms with van der Waals surface area (Å²) in [6, 6.07) is 9.60. The Morgan fingerprint density at radius 2 is 1.76 bits per heavy atom. The summed E-state index contributed by atoms with van der Waals surface area (Å²) < 4.78 is 26.4. The van der Waals surface area contributed by atoms with Crippen LogP contribution in [-0.4, -0.2) is 66.9 Å². The molecule has 2 aliphatic rings. The molecule has 1 aromatic carbocycles. The van der Waals surface area contributed by atoms with Crippen molar-refractivity contribution >= 4 is 30.7 Å². The molecule has 8 heteroatoms. The van der Waals surface area contributed by atoms with Crippen molar-refractivity contribution < 1.29 is 13.6 Å². The van der Waals surface area contributed by atoms with Gasteiger partial charge >= 0.3 is 0 Å². The number of rotatable bonds is 4. The Balaban J connectivity index is 0.00000156. The summed E-state index contributed by atoms with van der Waals surface area (Å²) in [6.45, 7) is 3.43. The van der Waals surface area contributed by atoms with Gasteiger partial charge in [0, 0.05) is 39.1 Å². The van der Waals surface area contributed by atoms with E-state index in [-0.39, 0.29) is 43.7 Å². The first kappa shape index (κ1) is 22.1. The van der Waals surface area contributed by atoms with E-state index >= 15 is 0 Å². The van der Waals surface area contributed by atoms with E-state index < -0.39 is 12.0 Å². The van der Waals surface area contributed by atoms with Crippen LogP contribution in [0.3, 0.4) is 0 Å². The molecule has 0 aliphatic carbocycles. The van der Waals surface area contributed by atoms with Gasteiger partial charge in [-0.25, -0.2) is 8.78 Å². The highest BCUT2D eigenvalue weighted by Crippen LogP contribution is 2.26. The Hall–Kier alpha value is -0.950. The minimum atomic E-state index is -2.75. The first-order valence-corrected chi connectivity index (χ1v) is 8.20. The lowest BCUT2D eigenvalue weighted by Gasteiger charge is -2.36. The molecule has 0 spiro atoms. The zero-order valence-corrected chi connectivity index (χ0v) is 15.6. The van der Waals surface area contributed by atoms with Gasteiger partial charge in [-0.05, 0) is 12.0 Å². The van der Waals surface area contributed by atoms with E-state index in [0.717, 1.165) is 26.1 Å². The molecule has 142 valence electrons. The van der Waals surface area contributed by atoms with E-state index in [9.17, 15) is 13.6 Å². The molecule has 2 saturated heterocycles. The maximum atomic E-state index is 13.2. The van der Waals surface area contributed by atoms with Crippen LogP contribution in [0.15, 0.2) is 30.3 Å². The van der Waals surface area contributed by atoms with Crippen LogP contribution < -0.4 is 5.32 Å². The average Bonchev–Trinajstić information content (AvgIpc) is 2.94. The predicted molar refractivity (Wildman–Crippen MR) is 99.0 cm³/mol. The van der Waals surface area contributed by atoms with Gasteiger partial charge in [0.1, 0.15) is 0 Å². The zero-order chi connectivity index (χ0) is 16.3. The van der Waals surface area contributed by atoms with Crippen LogP contribution in [-0.2, 0) is 11.2 Å². The Kier molecular flexibility index (Phi) is 8.54. The van der Waals surface area contributed by atoms with Crippen molar-refractivity contribution in [2.24, 2.45) is 0 Å². The second-order valence-electron chi connectivity index (χ2n) is 6.40. The van der Waals surface area contributed by atoms with Gasteiger partial charge in [-0.3, -0.25) is 15.0 Å². The summed E-state index contributed by atoms with van der Waals surface area (Å²) >= 11 is 0. The summed E-state index contributed by atoms with van der Waals surface area (Å²) in [6.07, 6.45) is 0.616.